The molecule has 0 aromatic heterocycles. The van der Waals surface area contributed by atoms with Gasteiger partial charge in [0.05, 0.1) is 17.9 Å². The number of fused-ring (bicyclic) bond motifs is 1. The van der Waals surface area contributed by atoms with Crippen molar-refractivity contribution in [3.63, 3.8) is 0 Å². The SMILES string of the molecule is CC1CCC(CNc2cc3c(cc2Br)OCCO3)O1. The van der Waals surface area contributed by atoms with Gasteiger partial charge in [-0.15, -0.1) is 0 Å². The highest BCUT2D eigenvalue weighted by molar-refractivity contribution is 9.10. The largest absolute Gasteiger partial charge is 0.486 e. The lowest BCUT2D eigenvalue weighted by Crippen LogP contribution is -2.20. The molecule has 5 heteroatoms. The Labute approximate surface area is 121 Å². The topological polar surface area (TPSA) is 39.7 Å². The van der Waals surface area contributed by atoms with E-state index in [1.807, 2.05) is 12.1 Å². The summed E-state index contributed by atoms with van der Waals surface area (Å²) >= 11 is 3.56. The standard InChI is InChI=1S/C14H18BrNO3/c1-9-2-3-10(19-9)8-16-12-7-14-13(6-11(12)15)17-4-5-18-14/h6-7,9-10,16H,2-5,8H2,1H3. The van der Waals surface area contributed by atoms with Gasteiger partial charge in [-0.2, -0.15) is 0 Å². The van der Waals surface area contributed by atoms with Crippen LogP contribution in [-0.4, -0.2) is 32.0 Å². The Morgan fingerprint density at radius 2 is 1.95 bits per heavy atom. The number of hydrogen-bond donors (Lipinski definition) is 1. The highest BCUT2D eigenvalue weighted by Gasteiger charge is 2.22. The van der Waals surface area contributed by atoms with Crippen LogP contribution in [-0.2, 0) is 4.74 Å². The number of nitrogens with one attached hydrogen (secondary N) is 1. The fourth-order valence-corrected chi connectivity index (χ4v) is 2.92. The van der Waals surface area contributed by atoms with Crippen LogP contribution in [0.3, 0.4) is 0 Å². The number of ether oxygens (including phenoxy) is 3. The van der Waals surface area contributed by atoms with Crippen molar-refractivity contribution in [1.82, 2.24) is 0 Å². The third-order valence-corrected chi connectivity index (χ3v) is 4.13. The van der Waals surface area contributed by atoms with E-state index in [2.05, 4.69) is 28.2 Å². The second kappa shape index (κ2) is 5.59. The Morgan fingerprint density at radius 1 is 1.21 bits per heavy atom. The van der Waals surface area contributed by atoms with E-state index < -0.39 is 0 Å². The molecule has 0 aliphatic carbocycles. The molecule has 3 rings (SSSR count). The normalized spacial score (nSPS) is 25.4. The maximum atomic E-state index is 5.80. The molecule has 0 amide bonds. The van der Waals surface area contributed by atoms with Crippen LogP contribution in [0.1, 0.15) is 19.8 Å². The fourth-order valence-electron chi connectivity index (χ4n) is 2.46. The molecule has 2 atom stereocenters. The van der Waals surface area contributed by atoms with Crippen LogP contribution in [0, 0.1) is 0 Å². The van der Waals surface area contributed by atoms with Gasteiger partial charge in [-0.3, -0.25) is 0 Å². The number of anilines is 1. The minimum Gasteiger partial charge on any atom is -0.486 e. The Morgan fingerprint density at radius 3 is 2.63 bits per heavy atom. The van der Waals surface area contributed by atoms with Crippen molar-refractivity contribution in [2.24, 2.45) is 0 Å². The van der Waals surface area contributed by atoms with E-state index in [9.17, 15) is 0 Å². The zero-order valence-corrected chi connectivity index (χ0v) is 12.5. The van der Waals surface area contributed by atoms with Crippen molar-refractivity contribution in [2.75, 3.05) is 25.1 Å². The predicted octanol–water partition coefficient (Wildman–Crippen LogP) is 3.20. The van der Waals surface area contributed by atoms with Gasteiger partial charge in [-0.1, -0.05) is 0 Å². The lowest BCUT2D eigenvalue weighted by atomic mass is 10.2. The van der Waals surface area contributed by atoms with E-state index >= 15 is 0 Å². The Balaban J connectivity index is 1.67. The van der Waals surface area contributed by atoms with Crippen molar-refractivity contribution >= 4 is 21.6 Å². The van der Waals surface area contributed by atoms with Gasteiger partial charge < -0.3 is 19.5 Å². The van der Waals surface area contributed by atoms with Gasteiger partial charge in [-0.25, -0.2) is 0 Å². The first-order chi connectivity index (χ1) is 9.22. The van der Waals surface area contributed by atoms with E-state index in [0.717, 1.165) is 41.0 Å². The predicted molar refractivity (Wildman–Crippen MR) is 77.2 cm³/mol. The highest BCUT2D eigenvalue weighted by Crippen LogP contribution is 2.38. The Kier molecular flexibility index (Phi) is 3.84. The van der Waals surface area contributed by atoms with Crippen LogP contribution >= 0.6 is 15.9 Å². The zero-order chi connectivity index (χ0) is 13.2. The number of benzene rings is 1. The third kappa shape index (κ3) is 2.98. The summed E-state index contributed by atoms with van der Waals surface area (Å²) < 4.78 is 17.9. The van der Waals surface area contributed by atoms with Crippen LogP contribution in [0.15, 0.2) is 16.6 Å². The van der Waals surface area contributed by atoms with Gasteiger partial charge in [0.1, 0.15) is 13.2 Å². The van der Waals surface area contributed by atoms with Gasteiger partial charge in [-0.05, 0) is 35.7 Å². The molecule has 0 saturated carbocycles. The molecule has 2 heterocycles. The molecule has 2 unspecified atom stereocenters. The first kappa shape index (κ1) is 13.1. The number of halogens is 1. The summed E-state index contributed by atoms with van der Waals surface area (Å²) in [6.45, 7) is 4.17. The van der Waals surface area contributed by atoms with E-state index in [1.54, 1.807) is 0 Å². The third-order valence-electron chi connectivity index (χ3n) is 3.47. The van der Waals surface area contributed by atoms with Gasteiger partial charge in [0.2, 0.25) is 0 Å². The van der Waals surface area contributed by atoms with Gasteiger partial charge in [0, 0.05) is 23.2 Å². The minimum absolute atomic E-state index is 0.301. The monoisotopic (exact) mass is 327 g/mol. The van der Waals surface area contributed by atoms with Crippen LogP contribution in [0.5, 0.6) is 11.5 Å². The van der Waals surface area contributed by atoms with Gasteiger partial charge in [0.15, 0.2) is 11.5 Å². The summed E-state index contributed by atoms with van der Waals surface area (Å²) in [5.41, 5.74) is 1.02. The quantitative estimate of drug-likeness (QED) is 0.925. The van der Waals surface area contributed by atoms with E-state index in [4.69, 9.17) is 14.2 Å². The summed E-state index contributed by atoms with van der Waals surface area (Å²) in [4.78, 5) is 0. The van der Waals surface area contributed by atoms with E-state index in [-0.39, 0.29) is 0 Å². The molecule has 1 saturated heterocycles. The minimum atomic E-state index is 0.301. The van der Waals surface area contributed by atoms with Crippen molar-refractivity contribution < 1.29 is 14.2 Å². The molecule has 2 aliphatic heterocycles. The van der Waals surface area contributed by atoms with E-state index in [0.29, 0.717) is 25.4 Å². The van der Waals surface area contributed by atoms with Gasteiger partial charge in [0.25, 0.3) is 0 Å². The summed E-state index contributed by atoms with van der Waals surface area (Å²) in [6, 6.07) is 3.94. The maximum absolute atomic E-state index is 5.80. The Bertz CT molecular complexity index is 466. The highest BCUT2D eigenvalue weighted by atomic mass is 79.9. The molecule has 1 aromatic rings. The second-order valence-corrected chi connectivity index (χ2v) is 5.86. The number of rotatable bonds is 3. The molecule has 0 bridgehead atoms. The molecule has 0 radical (unpaired) electrons. The van der Waals surface area contributed by atoms with Crippen molar-refractivity contribution in [2.45, 2.75) is 32.0 Å². The molecule has 2 aliphatic rings. The molecule has 104 valence electrons. The smallest absolute Gasteiger partial charge is 0.163 e. The average Bonchev–Trinajstić information content (AvgIpc) is 2.82. The summed E-state index contributed by atoms with van der Waals surface area (Å²) in [5, 5.41) is 3.42. The molecule has 4 nitrogen and oxygen atoms in total. The summed E-state index contributed by atoms with van der Waals surface area (Å²) in [5.74, 6) is 1.60. The second-order valence-electron chi connectivity index (χ2n) is 5.00. The summed E-state index contributed by atoms with van der Waals surface area (Å²) in [7, 11) is 0. The fraction of sp³-hybridized carbons (Fsp3) is 0.571. The van der Waals surface area contributed by atoms with Crippen molar-refractivity contribution in [3.05, 3.63) is 16.6 Å². The summed E-state index contributed by atoms with van der Waals surface area (Å²) in [6.07, 6.45) is 2.95. The van der Waals surface area contributed by atoms with Gasteiger partial charge >= 0.3 is 0 Å². The Hall–Kier alpha value is -0.940. The lowest BCUT2D eigenvalue weighted by Gasteiger charge is -2.21. The first-order valence-electron chi connectivity index (χ1n) is 6.71. The van der Waals surface area contributed by atoms with Crippen LogP contribution < -0.4 is 14.8 Å². The first-order valence-corrected chi connectivity index (χ1v) is 7.50. The maximum Gasteiger partial charge on any atom is 0.163 e. The molecule has 1 N–H and O–H groups in total. The lowest BCUT2D eigenvalue weighted by molar-refractivity contribution is 0.0637. The molecule has 0 spiro atoms. The molecular formula is C14H18BrNO3. The van der Waals surface area contributed by atoms with E-state index in [1.165, 1.54) is 0 Å². The molecule has 1 aromatic carbocycles. The van der Waals surface area contributed by atoms with Crippen LogP contribution in [0.4, 0.5) is 5.69 Å². The van der Waals surface area contributed by atoms with Crippen LogP contribution in [0.2, 0.25) is 0 Å². The average molecular weight is 328 g/mol. The zero-order valence-electron chi connectivity index (χ0n) is 10.9. The molecule has 1 fully saturated rings. The number of hydrogen-bond acceptors (Lipinski definition) is 4. The van der Waals surface area contributed by atoms with Crippen molar-refractivity contribution in [3.8, 4) is 11.5 Å². The van der Waals surface area contributed by atoms with Crippen LogP contribution in [0.25, 0.3) is 0 Å². The molecular weight excluding hydrogens is 310 g/mol. The van der Waals surface area contributed by atoms with Crippen molar-refractivity contribution in [1.29, 1.82) is 0 Å². The molecule has 19 heavy (non-hydrogen) atoms.